The molecule has 1 aromatic carbocycles. The Balaban J connectivity index is 2.14. The quantitative estimate of drug-likeness (QED) is 0.894. The molecule has 0 bridgehead atoms. The Labute approximate surface area is 118 Å². The first-order valence-corrected chi connectivity index (χ1v) is 6.74. The second kappa shape index (κ2) is 5.62. The van der Waals surface area contributed by atoms with Crippen molar-refractivity contribution in [2.45, 2.75) is 6.54 Å². The summed E-state index contributed by atoms with van der Waals surface area (Å²) in [5, 5.41) is 3.86. The van der Waals surface area contributed by atoms with E-state index in [2.05, 4.69) is 26.2 Å². The van der Waals surface area contributed by atoms with Gasteiger partial charge >= 0.3 is 4.87 Å². The minimum absolute atomic E-state index is 0.00742. The summed E-state index contributed by atoms with van der Waals surface area (Å²) in [6.45, 7) is -0.00742. The van der Waals surface area contributed by atoms with Crippen molar-refractivity contribution in [1.82, 2.24) is 10.3 Å². The first-order chi connectivity index (χ1) is 8.97. The molecule has 0 saturated carbocycles. The van der Waals surface area contributed by atoms with Gasteiger partial charge in [-0.15, -0.1) is 0 Å². The molecule has 0 aliphatic carbocycles. The van der Waals surface area contributed by atoms with Gasteiger partial charge in [-0.3, -0.25) is 9.59 Å². The van der Waals surface area contributed by atoms with Crippen LogP contribution in [0.5, 0.6) is 0 Å². The first-order valence-electron chi connectivity index (χ1n) is 5.07. The molecule has 0 radical (unpaired) electrons. The van der Waals surface area contributed by atoms with Crippen LogP contribution in [0.2, 0.25) is 0 Å². The van der Waals surface area contributed by atoms with Crippen LogP contribution in [-0.4, -0.2) is 10.9 Å². The number of amides is 1. The van der Waals surface area contributed by atoms with Gasteiger partial charge in [-0.2, -0.15) is 0 Å². The van der Waals surface area contributed by atoms with E-state index in [1.807, 2.05) is 0 Å². The molecule has 0 unspecified atom stereocenters. The summed E-state index contributed by atoms with van der Waals surface area (Å²) >= 11 is 3.87. The predicted molar refractivity (Wildman–Crippen MR) is 70.2 cm³/mol. The highest BCUT2D eigenvalue weighted by Crippen LogP contribution is 2.19. The van der Waals surface area contributed by atoms with E-state index in [1.165, 1.54) is 5.38 Å². The number of carbonyl (C=O) groups is 1. The number of benzene rings is 1. The van der Waals surface area contributed by atoms with E-state index < -0.39 is 23.1 Å². The van der Waals surface area contributed by atoms with Crippen molar-refractivity contribution < 1.29 is 13.6 Å². The third kappa shape index (κ3) is 3.27. The number of halogens is 3. The van der Waals surface area contributed by atoms with Gasteiger partial charge < -0.3 is 10.3 Å². The Morgan fingerprint density at radius 1 is 1.37 bits per heavy atom. The van der Waals surface area contributed by atoms with Crippen LogP contribution < -0.4 is 10.2 Å². The van der Waals surface area contributed by atoms with Gasteiger partial charge in [0.15, 0.2) is 0 Å². The molecule has 0 saturated heterocycles. The second-order valence-electron chi connectivity index (χ2n) is 3.60. The first kappa shape index (κ1) is 13.9. The molecule has 8 heteroatoms. The maximum Gasteiger partial charge on any atom is 0.304 e. The number of hydrogen-bond donors (Lipinski definition) is 2. The molecular formula is C11H7BrF2N2O2S. The summed E-state index contributed by atoms with van der Waals surface area (Å²) in [5.41, 5.74) is -0.179. The maximum absolute atomic E-state index is 13.5. The fraction of sp³-hybridized carbons (Fsp3) is 0.0909. The van der Waals surface area contributed by atoms with E-state index >= 15 is 0 Å². The lowest BCUT2D eigenvalue weighted by molar-refractivity contribution is 0.0942. The van der Waals surface area contributed by atoms with E-state index in [0.717, 1.165) is 23.5 Å². The number of H-pyrrole nitrogens is 1. The van der Waals surface area contributed by atoms with E-state index in [9.17, 15) is 18.4 Å². The monoisotopic (exact) mass is 348 g/mol. The van der Waals surface area contributed by atoms with Crippen LogP contribution in [0, 0.1) is 11.6 Å². The lowest BCUT2D eigenvalue weighted by Crippen LogP contribution is -2.25. The molecule has 2 N–H and O–H groups in total. The van der Waals surface area contributed by atoms with Crippen LogP contribution in [0.1, 0.15) is 16.1 Å². The van der Waals surface area contributed by atoms with Gasteiger partial charge in [-0.1, -0.05) is 27.3 Å². The second-order valence-corrected chi connectivity index (χ2v) is 5.36. The van der Waals surface area contributed by atoms with Gasteiger partial charge in [0.05, 0.1) is 6.54 Å². The highest BCUT2D eigenvalue weighted by Gasteiger charge is 2.18. The summed E-state index contributed by atoms with van der Waals surface area (Å²) in [6, 6.07) is 2.01. The van der Waals surface area contributed by atoms with Gasteiger partial charge in [0.1, 0.15) is 17.2 Å². The van der Waals surface area contributed by atoms with Crippen molar-refractivity contribution in [2.75, 3.05) is 0 Å². The van der Waals surface area contributed by atoms with Crippen molar-refractivity contribution in [3.63, 3.8) is 0 Å². The molecule has 2 rings (SSSR count). The molecule has 0 aliphatic heterocycles. The number of nitrogens with one attached hydrogen (secondary N) is 2. The molecule has 1 heterocycles. The lowest BCUT2D eigenvalue weighted by atomic mass is 10.2. The standard InChI is InChI=1S/C11H7BrF2N2O2S/c12-5-1-7(13)9(8(14)2-5)10(17)15-3-6-4-19-11(18)16-6/h1-2,4H,3H2,(H,15,17)(H,16,18). The Kier molecular flexibility index (Phi) is 4.11. The van der Waals surface area contributed by atoms with E-state index in [4.69, 9.17) is 0 Å². The fourth-order valence-corrected chi connectivity index (χ4v) is 2.41. The average Bonchev–Trinajstić information content (AvgIpc) is 2.71. The van der Waals surface area contributed by atoms with Gasteiger partial charge in [-0.05, 0) is 12.1 Å². The molecule has 0 aliphatic rings. The number of carbonyl (C=O) groups excluding carboxylic acids is 1. The molecule has 19 heavy (non-hydrogen) atoms. The highest BCUT2D eigenvalue weighted by molar-refractivity contribution is 9.10. The predicted octanol–water partition coefficient (Wildman–Crippen LogP) is 2.41. The summed E-state index contributed by atoms with van der Waals surface area (Å²) in [6.07, 6.45) is 0. The summed E-state index contributed by atoms with van der Waals surface area (Å²) in [4.78, 5) is 24.8. The number of hydrogen-bond acceptors (Lipinski definition) is 3. The summed E-state index contributed by atoms with van der Waals surface area (Å²) in [7, 11) is 0. The van der Waals surface area contributed by atoms with Crippen molar-refractivity contribution >= 4 is 33.2 Å². The van der Waals surface area contributed by atoms with Crippen LogP contribution in [0.3, 0.4) is 0 Å². The SMILES string of the molecule is O=C(NCc1csc(=O)[nH]1)c1c(F)cc(Br)cc1F. The van der Waals surface area contributed by atoms with E-state index in [-0.39, 0.29) is 15.9 Å². The topological polar surface area (TPSA) is 62.0 Å². The minimum Gasteiger partial charge on any atom is -0.346 e. The molecule has 0 atom stereocenters. The number of aromatic nitrogens is 1. The molecule has 0 fully saturated rings. The minimum atomic E-state index is -0.955. The number of thiazole rings is 1. The van der Waals surface area contributed by atoms with Crippen molar-refractivity contribution in [3.8, 4) is 0 Å². The summed E-state index contributed by atoms with van der Waals surface area (Å²) in [5.74, 6) is -2.79. The fourth-order valence-electron chi connectivity index (χ4n) is 1.42. The van der Waals surface area contributed by atoms with Gasteiger partial charge in [-0.25, -0.2) is 8.78 Å². The smallest absolute Gasteiger partial charge is 0.304 e. The Bertz CT molecular complexity index is 660. The molecule has 0 spiro atoms. The molecular weight excluding hydrogens is 342 g/mol. The zero-order chi connectivity index (χ0) is 14.0. The van der Waals surface area contributed by atoms with Crippen molar-refractivity contribution in [3.05, 3.63) is 54.5 Å². The maximum atomic E-state index is 13.5. The number of rotatable bonds is 3. The average molecular weight is 349 g/mol. The molecule has 4 nitrogen and oxygen atoms in total. The third-order valence-electron chi connectivity index (χ3n) is 2.24. The molecule has 100 valence electrons. The molecule has 2 aromatic rings. The lowest BCUT2D eigenvalue weighted by Gasteiger charge is -2.06. The zero-order valence-corrected chi connectivity index (χ0v) is 11.7. The van der Waals surface area contributed by atoms with Crippen LogP contribution >= 0.6 is 27.3 Å². The van der Waals surface area contributed by atoms with Crippen LogP contribution in [0.25, 0.3) is 0 Å². The largest absolute Gasteiger partial charge is 0.346 e. The van der Waals surface area contributed by atoms with Crippen molar-refractivity contribution in [1.29, 1.82) is 0 Å². The van der Waals surface area contributed by atoms with E-state index in [0.29, 0.717) is 5.69 Å². The Hall–Kier alpha value is -1.54. The van der Waals surface area contributed by atoms with E-state index in [1.54, 1.807) is 0 Å². The highest BCUT2D eigenvalue weighted by atomic mass is 79.9. The third-order valence-corrected chi connectivity index (χ3v) is 3.42. The van der Waals surface area contributed by atoms with Crippen LogP contribution in [-0.2, 0) is 6.54 Å². The van der Waals surface area contributed by atoms with Gasteiger partial charge in [0.25, 0.3) is 5.91 Å². The molecule has 1 aromatic heterocycles. The van der Waals surface area contributed by atoms with Crippen LogP contribution in [0.15, 0.2) is 26.8 Å². The normalized spacial score (nSPS) is 10.5. The molecule has 1 amide bonds. The Morgan fingerprint density at radius 3 is 2.53 bits per heavy atom. The van der Waals surface area contributed by atoms with Gasteiger partial charge in [0, 0.05) is 15.5 Å². The van der Waals surface area contributed by atoms with Crippen molar-refractivity contribution in [2.24, 2.45) is 0 Å². The zero-order valence-electron chi connectivity index (χ0n) is 9.30. The Morgan fingerprint density at radius 2 is 2.00 bits per heavy atom. The number of aromatic amines is 1. The summed E-state index contributed by atoms with van der Waals surface area (Å²) < 4.78 is 27.2. The van der Waals surface area contributed by atoms with Crippen LogP contribution in [0.4, 0.5) is 8.78 Å². The van der Waals surface area contributed by atoms with Gasteiger partial charge in [0.2, 0.25) is 0 Å².